The molecule has 0 bridgehead atoms. The quantitative estimate of drug-likeness (QED) is 0.621. The van der Waals surface area contributed by atoms with Gasteiger partial charge in [-0.15, -0.1) is 0 Å². The number of nitrogens with two attached hydrogens (primary N) is 1. The highest BCUT2D eigenvalue weighted by atomic mass is 16.5. The van der Waals surface area contributed by atoms with Gasteiger partial charge in [0, 0.05) is 29.7 Å². The van der Waals surface area contributed by atoms with Gasteiger partial charge in [-0.05, 0) is 30.7 Å². The standard InChI is InChI=1S/C20H23N3O2/c1-15-18(13-22-11-12-25-16-7-3-2-4-8-16)17-9-5-6-10-19(17)23(15)14-20(21)24/h2-10,22H,11-14H2,1H3,(H2,21,24). The lowest BCUT2D eigenvalue weighted by Crippen LogP contribution is -2.22. The van der Waals surface area contributed by atoms with E-state index in [0.29, 0.717) is 6.61 Å². The summed E-state index contributed by atoms with van der Waals surface area (Å²) in [6.45, 7) is 4.28. The van der Waals surface area contributed by atoms with E-state index in [2.05, 4.69) is 11.4 Å². The van der Waals surface area contributed by atoms with Gasteiger partial charge >= 0.3 is 0 Å². The van der Waals surface area contributed by atoms with Crippen LogP contribution in [0.15, 0.2) is 54.6 Å². The number of carbonyl (C=O) groups excluding carboxylic acids is 1. The van der Waals surface area contributed by atoms with Crippen molar-refractivity contribution in [2.24, 2.45) is 5.73 Å². The summed E-state index contributed by atoms with van der Waals surface area (Å²) in [5.41, 5.74) is 8.69. The molecule has 2 aromatic carbocycles. The number of para-hydroxylation sites is 2. The Morgan fingerprint density at radius 1 is 1.12 bits per heavy atom. The first-order valence-electron chi connectivity index (χ1n) is 8.40. The van der Waals surface area contributed by atoms with Crippen molar-refractivity contribution in [3.05, 3.63) is 65.9 Å². The lowest BCUT2D eigenvalue weighted by Gasteiger charge is -2.09. The van der Waals surface area contributed by atoms with E-state index in [1.807, 2.05) is 60.0 Å². The van der Waals surface area contributed by atoms with E-state index in [1.54, 1.807) is 0 Å². The Hall–Kier alpha value is -2.79. The third kappa shape index (κ3) is 4.00. The van der Waals surface area contributed by atoms with Crippen molar-refractivity contribution < 1.29 is 9.53 Å². The minimum atomic E-state index is -0.334. The van der Waals surface area contributed by atoms with Crippen LogP contribution in [0.3, 0.4) is 0 Å². The van der Waals surface area contributed by atoms with E-state index in [4.69, 9.17) is 10.5 Å². The van der Waals surface area contributed by atoms with Crippen LogP contribution in [0.2, 0.25) is 0 Å². The van der Waals surface area contributed by atoms with Crippen molar-refractivity contribution >= 4 is 16.8 Å². The number of rotatable bonds is 8. The van der Waals surface area contributed by atoms with Crippen LogP contribution >= 0.6 is 0 Å². The summed E-state index contributed by atoms with van der Waals surface area (Å²) in [6, 6.07) is 17.9. The van der Waals surface area contributed by atoms with Crippen molar-refractivity contribution in [3.8, 4) is 5.75 Å². The van der Waals surface area contributed by atoms with Gasteiger partial charge in [-0.3, -0.25) is 4.79 Å². The molecule has 0 radical (unpaired) electrons. The molecule has 1 amide bonds. The van der Waals surface area contributed by atoms with Crippen molar-refractivity contribution in [2.75, 3.05) is 13.2 Å². The van der Waals surface area contributed by atoms with Crippen LogP contribution in [-0.2, 0) is 17.9 Å². The minimum absolute atomic E-state index is 0.198. The summed E-state index contributed by atoms with van der Waals surface area (Å²) in [4.78, 5) is 11.4. The highest BCUT2D eigenvalue weighted by molar-refractivity contribution is 5.87. The van der Waals surface area contributed by atoms with Crippen LogP contribution in [-0.4, -0.2) is 23.6 Å². The molecular formula is C20H23N3O2. The van der Waals surface area contributed by atoms with E-state index in [-0.39, 0.29) is 12.5 Å². The molecule has 0 atom stereocenters. The molecule has 1 heterocycles. The molecule has 0 unspecified atom stereocenters. The molecule has 0 aliphatic carbocycles. The van der Waals surface area contributed by atoms with Gasteiger partial charge in [0.2, 0.25) is 5.91 Å². The Bertz CT molecular complexity index is 856. The number of benzene rings is 2. The first-order valence-corrected chi connectivity index (χ1v) is 8.40. The molecule has 0 aliphatic rings. The highest BCUT2D eigenvalue weighted by Crippen LogP contribution is 2.25. The van der Waals surface area contributed by atoms with Gasteiger partial charge in [-0.25, -0.2) is 0 Å². The molecule has 25 heavy (non-hydrogen) atoms. The maximum Gasteiger partial charge on any atom is 0.237 e. The van der Waals surface area contributed by atoms with E-state index < -0.39 is 0 Å². The Kier molecular flexibility index (Phi) is 5.36. The SMILES string of the molecule is Cc1c(CNCCOc2ccccc2)c2ccccc2n1CC(N)=O. The monoisotopic (exact) mass is 337 g/mol. The Morgan fingerprint density at radius 2 is 1.84 bits per heavy atom. The van der Waals surface area contributed by atoms with Crippen LogP contribution < -0.4 is 15.8 Å². The zero-order valence-corrected chi connectivity index (χ0v) is 14.4. The van der Waals surface area contributed by atoms with Gasteiger partial charge in [0.1, 0.15) is 18.9 Å². The highest BCUT2D eigenvalue weighted by Gasteiger charge is 2.14. The summed E-state index contributed by atoms with van der Waals surface area (Å²) in [6.07, 6.45) is 0. The van der Waals surface area contributed by atoms with Gasteiger partial charge in [0.15, 0.2) is 0 Å². The molecule has 130 valence electrons. The van der Waals surface area contributed by atoms with Crippen molar-refractivity contribution in [3.63, 3.8) is 0 Å². The molecule has 0 saturated heterocycles. The smallest absolute Gasteiger partial charge is 0.237 e. The Labute approximate surface area is 147 Å². The van der Waals surface area contributed by atoms with Gasteiger partial charge in [-0.1, -0.05) is 36.4 Å². The molecular weight excluding hydrogens is 314 g/mol. The van der Waals surface area contributed by atoms with Crippen LogP contribution in [0.25, 0.3) is 10.9 Å². The van der Waals surface area contributed by atoms with Crippen LogP contribution in [0, 0.1) is 6.92 Å². The molecule has 3 rings (SSSR count). The number of nitrogens with zero attached hydrogens (tertiary/aromatic N) is 1. The molecule has 1 aromatic heterocycles. The number of ether oxygens (including phenoxy) is 1. The Morgan fingerprint density at radius 3 is 2.60 bits per heavy atom. The topological polar surface area (TPSA) is 69.3 Å². The van der Waals surface area contributed by atoms with E-state index >= 15 is 0 Å². The zero-order chi connectivity index (χ0) is 17.6. The zero-order valence-electron chi connectivity index (χ0n) is 14.4. The lowest BCUT2D eigenvalue weighted by molar-refractivity contribution is -0.118. The fourth-order valence-corrected chi connectivity index (χ4v) is 3.06. The number of amides is 1. The first kappa shape index (κ1) is 17.0. The average molecular weight is 337 g/mol. The first-order chi connectivity index (χ1) is 12.2. The Balaban J connectivity index is 1.65. The molecule has 0 fully saturated rings. The number of aromatic nitrogens is 1. The maximum absolute atomic E-state index is 11.4. The third-order valence-corrected chi connectivity index (χ3v) is 4.27. The van der Waals surface area contributed by atoms with Crippen molar-refractivity contribution in [1.29, 1.82) is 0 Å². The molecule has 5 nitrogen and oxygen atoms in total. The number of hydrogen-bond acceptors (Lipinski definition) is 3. The van der Waals surface area contributed by atoms with Crippen molar-refractivity contribution in [1.82, 2.24) is 9.88 Å². The number of primary amides is 1. The minimum Gasteiger partial charge on any atom is -0.492 e. The summed E-state index contributed by atoms with van der Waals surface area (Å²) in [5.74, 6) is 0.540. The second-order valence-corrected chi connectivity index (χ2v) is 5.97. The largest absolute Gasteiger partial charge is 0.492 e. The number of hydrogen-bond donors (Lipinski definition) is 2. The van der Waals surface area contributed by atoms with Crippen LogP contribution in [0.1, 0.15) is 11.3 Å². The van der Waals surface area contributed by atoms with Gasteiger partial charge < -0.3 is 20.4 Å². The van der Waals surface area contributed by atoms with Crippen LogP contribution in [0.5, 0.6) is 5.75 Å². The van der Waals surface area contributed by atoms with E-state index in [0.717, 1.165) is 35.4 Å². The molecule has 0 aliphatic heterocycles. The molecule has 3 N–H and O–H groups in total. The predicted molar refractivity (Wildman–Crippen MR) is 99.5 cm³/mol. The second-order valence-electron chi connectivity index (χ2n) is 5.97. The third-order valence-electron chi connectivity index (χ3n) is 4.27. The second kappa shape index (κ2) is 7.85. The van der Waals surface area contributed by atoms with E-state index in [9.17, 15) is 4.79 Å². The fourth-order valence-electron chi connectivity index (χ4n) is 3.06. The summed E-state index contributed by atoms with van der Waals surface area (Å²) < 4.78 is 7.67. The van der Waals surface area contributed by atoms with Gasteiger partial charge in [-0.2, -0.15) is 0 Å². The normalized spacial score (nSPS) is 10.9. The van der Waals surface area contributed by atoms with Gasteiger partial charge in [0.05, 0.1) is 0 Å². The number of carbonyl (C=O) groups is 1. The maximum atomic E-state index is 11.4. The summed E-state index contributed by atoms with van der Waals surface area (Å²) >= 11 is 0. The number of nitrogens with one attached hydrogen (secondary N) is 1. The molecule has 5 heteroatoms. The molecule has 3 aromatic rings. The summed E-state index contributed by atoms with van der Waals surface area (Å²) in [5, 5.41) is 4.57. The fraction of sp³-hybridized carbons (Fsp3) is 0.250. The molecule has 0 spiro atoms. The predicted octanol–water partition coefficient (Wildman–Crippen LogP) is 2.60. The number of fused-ring (bicyclic) bond motifs is 1. The van der Waals surface area contributed by atoms with Crippen molar-refractivity contribution in [2.45, 2.75) is 20.0 Å². The summed E-state index contributed by atoms with van der Waals surface area (Å²) in [7, 11) is 0. The van der Waals surface area contributed by atoms with Gasteiger partial charge in [0.25, 0.3) is 0 Å². The average Bonchev–Trinajstić information content (AvgIpc) is 2.88. The van der Waals surface area contributed by atoms with Crippen LogP contribution in [0.4, 0.5) is 0 Å². The lowest BCUT2D eigenvalue weighted by atomic mass is 10.1. The van der Waals surface area contributed by atoms with E-state index in [1.165, 1.54) is 5.56 Å². The molecule has 0 saturated carbocycles.